The highest BCUT2D eigenvalue weighted by Crippen LogP contribution is 2.23. The van der Waals surface area contributed by atoms with Crippen molar-refractivity contribution in [2.45, 2.75) is 72.5 Å². The van der Waals surface area contributed by atoms with E-state index in [1.165, 1.54) is 10.7 Å². The Labute approximate surface area is 128 Å². The third kappa shape index (κ3) is 5.51. The fraction of sp³-hybridized carbons (Fsp3) is 0.812. The molecule has 0 unspecified atom stereocenters. The first-order valence-electron chi connectivity index (χ1n) is 7.63. The Hall–Kier alpha value is -0.450. The molecule has 1 heterocycles. The van der Waals surface area contributed by atoms with Crippen LogP contribution >= 0.6 is 11.3 Å². The summed E-state index contributed by atoms with van der Waals surface area (Å²) < 4.78 is 0. The summed E-state index contributed by atoms with van der Waals surface area (Å²) in [7, 11) is 0. The first kappa shape index (κ1) is 17.6. The van der Waals surface area contributed by atoms with Crippen LogP contribution in [-0.2, 0) is 12.0 Å². The molecule has 1 rings (SSSR count). The zero-order valence-corrected chi connectivity index (χ0v) is 15.0. The largest absolute Gasteiger partial charge is 0.309 e. The number of thiazole rings is 1. The predicted octanol–water partition coefficient (Wildman–Crippen LogP) is 3.65. The first-order valence-corrected chi connectivity index (χ1v) is 8.51. The van der Waals surface area contributed by atoms with Crippen LogP contribution in [0.15, 0.2) is 5.38 Å². The maximum atomic E-state index is 4.71. The molecule has 0 aliphatic carbocycles. The van der Waals surface area contributed by atoms with E-state index in [4.69, 9.17) is 4.98 Å². The van der Waals surface area contributed by atoms with Gasteiger partial charge >= 0.3 is 0 Å². The van der Waals surface area contributed by atoms with Crippen molar-refractivity contribution in [1.29, 1.82) is 0 Å². The van der Waals surface area contributed by atoms with Crippen molar-refractivity contribution < 1.29 is 0 Å². The molecule has 0 amide bonds. The Morgan fingerprint density at radius 2 is 1.80 bits per heavy atom. The van der Waals surface area contributed by atoms with E-state index in [0.29, 0.717) is 12.1 Å². The fourth-order valence-corrected chi connectivity index (χ4v) is 3.24. The lowest BCUT2D eigenvalue weighted by molar-refractivity contribution is 0.176. The average molecular weight is 298 g/mol. The Balaban J connectivity index is 2.36. The van der Waals surface area contributed by atoms with Gasteiger partial charge in [0.15, 0.2) is 0 Å². The lowest BCUT2D eigenvalue weighted by Crippen LogP contribution is -2.41. The summed E-state index contributed by atoms with van der Waals surface area (Å²) in [6.45, 7) is 18.7. The second-order valence-electron chi connectivity index (χ2n) is 6.98. The topological polar surface area (TPSA) is 28.2 Å². The third-order valence-electron chi connectivity index (χ3n) is 3.47. The van der Waals surface area contributed by atoms with Gasteiger partial charge in [-0.15, -0.1) is 11.3 Å². The standard InChI is InChI=1S/C16H31N3S/c1-12(2)19(13(3)4)9-8-17-10-15-18-14(11-20-15)16(5,6)7/h11-13,17H,8-10H2,1-7H3. The Kier molecular flexibility index (Phi) is 6.62. The van der Waals surface area contributed by atoms with Crippen molar-refractivity contribution in [2.75, 3.05) is 13.1 Å². The van der Waals surface area contributed by atoms with E-state index < -0.39 is 0 Å². The zero-order valence-electron chi connectivity index (χ0n) is 14.2. The van der Waals surface area contributed by atoms with Gasteiger partial charge in [-0.1, -0.05) is 20.8 Å². The molecule has 0 saturated carbocycles. The van der Waals surface area contributed by atoms with Crippen molar-refractivity contribution >= 4 is 11.3 Å². The summed E-state index contributed by atoms with van der Waals surface area (Å²) in [5.74, 6) is 0. The van der Waals surface area contributed by atoms with Crippen LogP contribution in [0.3, 0.4) is 0 Å². The van der Waals surface area contributed by atoms with Crippen molar-refractivity contribution in [3.8, 4) is 0 Å². The maximum absolute atomic E-state index is 4.71. The average Bonchev–Trinajstić information content (AvgIpc) is 2.76. The van der Waals surface area contributed by atoms with Crippen LogP contribution in [0.1, 0.15) is 59.2 Å². The Morgan fingerprint density at radius 3 is 2.25 bits per heavy atom. The van der Waals surface area contributed by atoms with Gasteiger partial charge in [0.05, 0.1) is 5.69 Å². The second kappa shape index (κ2) is 7.53. The van der Waals surface area contributed by atoms with Gasteiger partial charge in [0.2, 0.25) is 0 Å². The van der Waals surface area contributed by atoms with E-state index in [1.54, 1.807) is 11.3 Å². The summed E-state index contributed by atoms with van der Waals surface area (Å²) >= 11 is 1.76. The van der Waals surface area contributed by atoms with Crippen molar-refractivity contribution in [1.82, 2.24) is 15.2 Å². The van der Waals surface area contributed by atoms with Gasteiger partial charge in [0.1, 0.15) is 5.01 Å². The minimum atomic E-state index is 0.154. The highest BCUT2D eigenvalue weighted by Gasteiger charge is 2.17. The molecule has 0 aliphatic heterocycles. The highest BCUT2D eigenvalue weighted by molar-refractivity contribution is 7.09. The van der Waals surface area contributed by atoms with Gasteiger partial charge in [-0.25, -0.2) is 4.98 Å². The molecule has 1 aromatic heterocycles. The third-order valence-corrected chi connectivity index (χ3v) is 4.32. The minimum Gasteiger partial charge on any atom is -0.309 e. The first-order chi connectivity index (χ1) is 9.21. The van der Waals surface area contributed by atoms with Crippen LogP contribution < -0.4 is 5.32 Å². The summed E-state index contributed by atoms with van der Waals surface area (Å²) in [6, 6.07) is 1.20. The summed E-state index contributed by atoms with van der Waals surface area (Å²) in [6.07, 6.45) is 0. The van der Waals surface area contributed by atoms with E-state index in [0.717, 1.165) is 19.6 Å². The molecule has 0 bridgehead atoms. The molecule has 1 N–H and O–H groups in total. The van der Waals surface area contributed by atoms with Crippen LogP contribution in [0, 0.1) is 0 Å². The summed E-state index contributed by atoms with van der Waals surface area (Å²) in [5, 5.41) is 6.89. The Morgan fingerprint density at radius 1 is 1.20 bits per heavy atom. The number of rotatable bonds is 7. The van der Waals surface area contributed by atoms with Crippen molar-refractivity contribution in [2.24, 2.45) is 0 Å². The molecule has 0 saturated heterocycles. The van der Waals surface area contributed by atoms with Crippen LogP contribution in [0.2, 0.25) is 0 Å². The van der Waals surface area contributed by atoms with Gasteiger partial charge in [0, 0.05) is 42.5 Å². The van der Waals surface area contributed by atoms with Crippen LogP contribution in [0.5, 0.6) is 0 Å². The van der Waals surface area contributed by atoms with Crippen LogP contribution in [0.25, 0.3) is 0 Å². The molecule has 116 valence electrons. The zero-order chi connectivity index (χ0) is 15.3. The van der Waals surface area contributed by atoms with E-state index in [1.807, 2.05) is 0 Å². The molecule has 0 aromatic carbocycles. The monoisotopic (exact) mass is 297 g/mol. The van der Waals surface area contributed by atoms with Crippen LogP contribution in [0.4, 0.5) is 0 Å². The molecule has 0 fully saturated rings. The molecule has 0 atom stereocenters. The SMILES string of the molecule is CC(C)N(CCNCc1nc(C(C)(C)C)cs1)C(C)C. The second-order valence-corrected chi connectivity index (χ2v) is 7.92. The van der Waals surface area contributed by atoms with Crippen LogP contribution in [-0.4, -0.2) is 35.1 Å². The van der Waals surface area contributed by atoms with E-state index >= 15 is 0 Å². The lowest BCUT2D eigenvalue weighted by Gasteiger charge is -2.30. The predicted molar refractivity (Wildman–Crippen MR) is 89.5 cm³/mol. The van der Waals surface area contributed by atoms with Gasteiger partial charge in [0.25, 0.3) is 0 Å². The number of hydrogen-bond acceptors (Lipinski definition) is 4. The smallest absolute Gasteiger partial charge is 0.107 e. The summed E-state index contributed by atoms with van der Waals surface area (Å²) in [4.78, 5) is 7.22. The minimum absolute atomic E-state index is 0.154. The fourth-order valence-electron chi connectivity index (χ4n) is 2.25. The van der Waals surface area contributed by atoms with Crippen molar-refractivity contribution in [3.05, 3.63) is 16.1 Å². The van der Waals surface area contributed by atoms with Gasteiger partial charge < -0.3 is 5.32 Å². The number of hydrogen-bond donors (Lipinski definition) is 1. The van der Waals surface area contributed by atoms with E-state index in [-0.39, 0.29) is 5.41 Å². The normalized spacial score (nSPS) is 12.9. The molecular formula is C16H31N3S. The van der Waals surface area contributed by atoms with Crippen molar-refractivity contribution in [3.63, 3.8) is 0 Å². The van der Waals surface area contributed by atoms with Gasteiger partial charge in [-0.3, -0.25) is 4.90 Å². The number of nitrogens with one attached hydrogen (secondary N) is 1. The molecule has 0 spiro atoms. The molecular weight excluding hydrogens is 266 g/mol. The van der Waals surface area contributed by atoms with Gasteiger partial charge in [-0.2, -0.15) is 0 Å². The molecule has 0 aliphatic rings. The van der Waals surface area contributed by atoms with E-state index in [2.05, 4.69) is 64.1 Å². The number of aromatic nitrogens is 1. The molecule has 3 nitrogen and oxygen atoms in total. The number of nitrogens with zero attached hydrogens (tertiary/aromatic N) is 2. The molecule has 20 heavy (non-hydrogen) atoms. The maximum Gasteiger partial charge on any atom is 0.107 e. The highest BCUT2D eigenvalue weighted by atomic mass is 32.1. The molecule has 1 aromatic rings. The summed E-state index contributed by atoms with van der Waals surface area (Å²) in [5.41, 5.74) is 1.35. The lowest BCUT2D eigenvalue weighted by atomic mass is 9.93. The van der Waals surface area contributed by atoms with E-state index in [9.17, 15) is 0 Å². The van der Waals surface area contributed by atoms with Gasteiger partial charge in [-0.05, 0) is 27.7 Å². The molecule has 0 radical (unpaired) electrons. The molecule has 4 heteroatoms. The quantitative estimate of drug-likeness (QED) is 0.779. The Bertz CT molecular complexity index is 383.